The third-order valence-electron chi connectivity index (χ3n) is 3.29. The van der Waals surface area contributed by atoms with Crippen LogP contribution >= 0.6 is 0 Å². The normalized spacial score (nSPS) is 32.8. The number of hydrogen-bond acceptors (Lipinski definition) is 2. The summed E-state index contributed by atoms with van der Waals surface area (Å²) in [5.41, 5.74) is -0.107. The molecule has 0 radical (unpaired) electrons. The summed E-state index contributed by atoms with van der Waals surface area (Å²) < 4.78 is 5.44. The molecular formula is C11H19NO2. The molecule has 1 aliphatic heterocycles. The number of nitrogens with zero attached hydrogens (tertiary/aromatic N) is 1. The molecule has 2 fully saturated rings. The molecule has 0 spiro atoms. The molecular weight excluding hydrogens is 178 g/mol. The van der Waals surface area contributed by atoms with Crippen LogP contribution in [0.1, 0.15) is 40.0 Å². The molecule has 0 bridgehead atoms. The van der Waals surface area contributed by atoms with Gasteiger partial charge in [0.2, 0.25) is 0 Å². The van der Waals surface area contributed by atoms with Gasteiger partial charge in [-0.25, -0.2) is 4.79 Å². The fourth-order valence-electron chi connectivity index (χ4n) is 2.42. The molecule has 14 heavy (non-hydrogen) atoms. The molecule has 3 heteroatoms. The number of hydrogen-bond donors (Lipinski definition) is 0. The van der Waals surface area contributed by atoms with Crippen molar-refractivity contribution in [3.05, 3.63) is 0 Å². The van der Waals surface area contributed by atoms with Gasteiger partial charge in [-0.3, -0.25) is 0 Å². The third kappa shape index (κ3) is 1.60. The van der Waals surface area contributed by atoms with Crippen molar-refractivity contribution < 1.29 is 9.53 Å². The molecule has 1 saturated carbocycles. The molecule has 2 unspecified atom stereocenters. The van der Waals surface area contributed by atoms with Gasteiger partial charge in [0.1, 0.15) is 6.10 Å². The Balaban J connectivity index is 2.10. The van der Waals surface area contributed by atoms with E-state index in [9.17, 15) is 4.79 Å². The minimum absolute atomic E-state index is 0.107. The van der Waals surface area contributed by atoms with Crippen molar-refractivity contribution in [2.75, 3.05) is 6.54 Å². The van der Waals surface area contributed by atoms with Crippen LogP contribution in [0.4, 0.5) is 4.79 Å². The summed E-state index contributed by atoms with van der Waals surface area (Å²) in [7, 11) is 0. The molecule has 2 rings (SSSR count). The summed E-state index contributed by atoms with van der Waals surface area (Å²) >= 11 is 0. The van der Waals surface area contributed by atoms with Crippen LogP contribution in [0.15, 0.2) is 0 Å². The summed E-state index contributed by atoms with van der Waals surface area (Å²) in [6.45, 7) is 7.06. The zero-order chi connectivity index (χ0) is 10.3. The Morgan fingerprint density at radius 3 is 2.71 bits per heavy atom. The van der Waals surface area contributed by atoms with Gasteiger partial charge in [-0.1, -0.05) is 0 Å². The van der Waals surface area contributed by atoms with Crippen LogP contribution in [0.25, 0.3) is 0 Å². The summed E-state index contributed by atoms with van der Waals surface area (Å²) in [6.07, 6.45) is 3.57. The SMILES string of the molecule is CC(C)(C)N1CC2CCCC2OC1=O. The number of rotatable bonds is 0. The van der Waals surface area contributed by atoms with Crippen LogP contribution in [-0.4, -0.2) is 29.2 Å². The Morgan fingerprint density at radius 2 is 2.07 bits per heavy atom. The van der Waals surface area contributed by atoms with Crippen LogP contribution in [-0.2, 0) is 4.74 Å². The molecule has 3 nitrogen and oxygen atoms in total. The van der Waals surface area contributed by atoms with Crippen LogP contribution in [0.5, 0.6) is 0 Å². The molecule has 2 aliphatic rings. The van der Waals surface area contributed by atoms with Gasteiger partial charge in [0.15, 0.2) is 0 Å². The summed E-state index contributed by atoms with van der Waals surface area (Å²) in [5.74, 6) is 0.576. The Labute approximate surface area is 85.4 Å². The van der Waals surface area contributed by atoms with Crippen molar-refractivity contribution in [2.24, 2.45) is 5.92 Å². The molecule has 1 heterocycles. The van der Waals surface area contributed by atoms with E-state index in [4.69, 9.17) is 4.74 Å². The van der Waals surface area contributed by atoms with Gasteiger partial charge in [-0.15, -0.1) is 0 Å². The van der Waals surface area contributed by atoms with E-state index >= 15 is 0 Å². The summed E-state index contributed by atoms with van der Waals surface area (Å²) in [5, 5.41) is 0. The Morgan fingerprint density at radius 1 is 1.36 bits per heavy atom. The van der Waals surface area contributed by atoms with E-state index in [0.717, 1.165) is 13.0 Å². The number of carbonyl (C=O) groups excluding carboxylic acids is 1. The highest BCUT2D eigenvalue weighted by atomic mass is 16.6. The number of amides is 1. The Hall–Kier alpha value is -0.730. The van der Waals surface area contributed by atoms with Crippen molar-refractivity contribution in [1.29, 1.82) is 0 Å². The summed E-state index contributed by atoms with van der Waals surface area (Å²) in [6, 6.07) is 0. The third-order valence-corrected chi connectivity index (χ3v) is 3.29. The highest BCUT2D eigenvalue weighted by molar-refractivity contribution is 5.69. The van der Waals surface area contributed by atoms with Crippen LogP contribution in [0.2, 0.25) is 0 Å². The lowest BCUT2D eigenvalue weighted by Crippen LogP contribution is -2.54. The van der Waals surface area contributed by atoms with Crippen molar-refractivity contribution in [2.45, 2.75) is 51.7 Å². The molecule has 0 N–H and O–H groups in total. The van der Waals surface area contributed by atoms with Crippen LogP contribution < -0.4 is 0 Å². The first-order valence-corrected chi connectivity index (χ1v) is 5.47. The highest BCUT2D eigenvalue weighted by Crippen LogP contribution is 2.35. The maximum absolute atomic E-state index is 11.7. The fourth-order valence-corrected chi connectivity index (χ4v) is 2.42. The van der Waals surface area contributed by atoms with Crippen molar-refractivity contribution >= 4 is 6.09 Å². The van der Waals surface area contributed by atoms with E-state index < -0.39 is 0 Å². The fraction of sp³-hybridized carbons (Fsp3) is 0.909. The zero-order valence-electron chi connectivity index (χ0n) is 9.25. The quantitative estimate of drug-likeness (QED) is 0.597. The number of fused-ring (bicyclic) bond motifs is 1. The molecule has 1 amide bonds. The Kier molecular flexibility index (Phi) is 2.20. The summed E-state index contributed by atoms with van der Waals surface area (Å²) in [4.78, 5) is 13.5. The van der Waals surface area contributed by atoms with Gasteiger partial charge in [0, 0.05) is 18.0 Å². The molecule has 1 saturated heterocycles. The van der Waals surface area contributed by atoms with E-state index in [1.54, 1.807) is 0 Å². The molecule has 0 aromatic carbocycles. The predicted molar refractivity (Wildman–Crippen MR) is 54.1 cm³/mol. The first kappa shape index (κ1) is 9.81. The Bertz CT molecular complexity index is 244. The van der Waals surface area contributed by atoms with Crippen molar-refractivity contribution in [1.82, 2.24) is 4.90 Å². The molecule has 1 aliphatic carbocycles. The molecule has 2 atom stereocenters. The zero-order valence-corrected chi connectivity index (χ0v) is 9.25. The second kappa shape index (κ2) is 3.14. The number of carbonyl (C=O) groups is 1. The van der Waals surface area contributed by atoms with Gasteiger partial charge in [0.05, 0.1) is 0 Å². The van der Waals surface area contributed by atoms with E-state index in [2.05, 4.69) is 20.8 Å². The first-order chi connectivity index (χ1) is 6.48. The largest absolute Gasteiger partial charge is 0.446 e. The molecule has 0 aromatic heterocycles. The molecule has 0 aromatic rings. The van der Waals surface area contributed by atoms with Gasteiger partial charge in [0.25, 0.3) is 0 Å². The van der Waals surface area contributed by atoms with E-state index in [0.29, 0.717) is 5.92 Å². The topological polar surface area (TPSA) is 29.5 Å². The average Bonchev–Trinajstić information content (AvgIpc) is 2.47. The standard InChI is InChI=1S/C11H19NO2/c1-11(2,3)12-7-8-5-4-6-9(8)14-10(12)13/h8-9H,4-7H2,1-3H3. The maximum atomic E-state index is 11.7. The first-order valence-electron chi connectivity index (χ1n) is 5.47. The minimum Gasteiger partial charge on any atom is -0.446 e. The average molecular weight is 197 g/mol. The van der Waals surface area contributed by atoms with E-state index in [1.807, 2.05) is 4.90 Å². The van der Waals surface area contributed by atoms with Crippen molar-refractivity contribution in [3.8, 4) is 0 Å². The lowest BCUT2D eigenvalue weighted by atomic mass is 9.99. The lowest BCUT2D eigenvalue weighted by Gasteiger charge is -2.42. The van der Waals surface area contributed by atoms with Crippen molar-refractivity contribution in [3.63, 3.8) is 0 Å². The van der Waals surface area contributed by atoms with Crippen LogP contribution in [0, 0.1) is 5.92 Å². The second-order valence-electron chi connectivity index (χ2n) is 5.39. The van der Waals surface area contributed by atoms with Gasteiger partial charge in [-0.2, -0.15) is 0 Å². The minimum atomic E-state index is -0.124. The van der Waals surface area contributed by atoms with E-state index in [-0.39, 0.29) is 17.7 Å². The smallest absolute Gasteiger partial charge is 0.410 e. The van der Waals surface area contributed by atoms with Gasteiger partial charge >= 0.3 is 6.09 Å². The highest BCUT2D eigenvalue weighted by Gasteiger charge is 2.42. The van der Waals surface area contributed by atoms with Gasteiger partial charge < -0.3 is 9.64 Å². The molecule has 80 valence electrons. The van der Waals surface area contributed by atoms with E-state index in [1.165, 1.54) is 12.8 Å². The van der Waals surface area contributed by atoms with Crippen LogP contribution in [0.3, 0.4) is 0 Å². The monoisotopic (exact) mass is 197 g/mol. The lowest BCUT2D eigenvalue weighted by molar-refractivity contribution is -0.0245. The number of ether oxygens (including phenoxy) is 1. The predicted octanol–water partition coefficient (Wildman–Crippen LogP) is 2.41. The van der Waals surface area contributed by atoms with Gasteiger partial charge in [-0.05, 0) is 40.0 Å². The maximum Gasteiger partial charge on any atom is 0.410 e. The second-order valence-corrected chi connectivity index (χ2v) is 5.39.